The lowest BCUT2D eigenvalue weighted by molar-refractivity contribution is 0.0951. The maximum absolute atomic E-state index is 4.68. The van der Waals surface area contributed by atoms with Crippen LogP contribution in [0, 0.1) is 0 Å². The highest BCUT2D eigenvalue weighted by molar-refractivity contribution is 4.83. The highest BCUT2D eigenvalue weighted by Crippen LogP contribution is 2.04. The minimum absolute atomic E-state index is 0.295. The smallest absolute Gasteiger partial charge is 0.181 e. The Labute approximate surface area is 58.9 Å². The molecule has 0 aliphatic carbocycles. The summed E-state index contributed by atoms with van der Waals surface area (Å²) >= 11 is 0. The van der Waals surface area contributed by atoms with Crippen LogP contribution in [0.5, 0.6) is 0 Å². The van der Waals surface area contributed by atoms with E-state index in [0.717, 1.165) is 4.96 Å². The van der Waals surface area contributed by atoms with Gasteiger partial charge in [0.05, 0.1) is 0 Å². The van der Waals surface area contributed by atoms with Gasteiger partial charge in [-0.15, -0.1) is 5.10 Å². The minimum Gasteiger partial charge on any atom is -0.383 e. The van der Waals surface area contributed by atoms with Crippen molar-refractivity contribution in [2.24, 2.45) is 0 Å². The van der Waals surface area contributed by atoms with E-state index < -0.39 is 0 Å². The fourth-order valence-electron chi connectivity index (χ4n) is 0.520. The monoisotopic (exact) mass is 142 g/mol. The van der Waals surface area contributed by atoms with Gasteiger partial charge in [-0.1, -0.05) is 18.9 Å². The van der Waals surface area contributed by atoms with Gasteiger partial charge in [-0.05, 0) is 5.21 Å². The van der Waals surface area contributed by atoms with Gasteiger partial charge in [0.1, 0.15) is 7.11 Å². The molecular formula is C5H10N4O. The van der Waals surface area contributed by atoms with Crippen LogP contribution < -0.4 is 4.84 Å². The Balaban J connectivity index is 2.78. The number of hydrogen-bond donors (Lipinski definition) is 0. The van der Waals surface area contributed by atoms with Crippen LogP contribution in [0.25, 0.3) is 0 Å². The van der Waals surface area contributed by atoms with Gasteiger partial charge in [0.15, 0.2) is 5.82 Å². The Morgan fingerprint density at radius 2 is 2.20 bits per heavy atom. The van der Waals surface area contributed by atoms with E-state index in [-0.39, 0.29) is 0 Å². The standard InChI is InChI=1S/C5H10N4O/c1-4(2)5-6-8-9(7-5)10-3/h4H,1-3H3. The molecule has 0 aliphatic heterocycles. The summed E-state index contributed by atoms with van der Waals surface area (Å²) in [6.45, 7) is 3.99. The summed E-state index contributed by atoms with van der Waals surface area (Å²) in [5.74, 6) is 0.991. The Morgan fingerprint density at radius 3 is 2.50 bits per heavy atom. The molecule has 0 aliphatic rings. The van der Waals surface area contributed by atoms with Crippen LogP contribution >= 0.6 is 0 Å². The molecule has 0 fully saturated rings. The lowest BCUT2D eigenvalue weighted by Gasteiger charge is -1.93. The molecule has 0 radical (unpaired) electrons. The SMILES string of the molecule is COn1nnc(C(C)C)n1. The molecule has 0 amide bonds. The first-order chi connectivity index (χ1) is 4.74. The van der Waals surface area contributed by atoms with Crippen molar-refractivity contribution < 1.29 is 4.84 Å². The number of hydrogen-bond acceptors (Lipinski definition) is 4. The third kappa shape index (κ3) is 1.23. The molecule has 0 saturated heterocycles. The van der Waals surface area contributed by atoms with Crippen LogP contribution in [0.1, 0.15) is 25.6 Å². The van der Waals surface area contributed by atoms with Crippen molar-refractivity contribution >= 4 is 0 Å². The Hall–Kier alpha value is -1.13. The van der Waals surface area contributed by atoms with Crippen molar-refractivity contribution in [1.29, 1.82) is 0 Å². The van der Waals surface area contributed by atoms with E-state index in [4.69, 9.17) is 0 Å². The molecule has 1 aromatic rings. The zero-order chi connectivity index (χ0) is 7.56. The molecule has 0 aromatic carbocycles. The van der Waals surface area contributed by atoms with Crippen molar-refractivity contribution in [3.05, 3.63) is 5.82 Å². The van der Waals surface area contributed by atoms with Crippen LogP contribution in [0.2, 0.25) is 0 Å². The van der Waals surface area contributed by atoms with Crippen LogP contribution in [-0.4, -0.2) is 27.5 Å². The maximum atomic E-state index is 4.68. The molecule has 10 heavy (non-hydrogen) atoms. The second kappa shape index (κ2) is 2.64. The van der Waals surface area contributed by atoms with Gasteiger partial charge in [-0.25, -0.2) is 0 Å². The number of aromatic nitrogens is 4. The van der Waals surface area contributed by atoms with Crippen LogP contribution in [0.15, 0.2) is 0 Å². The van der Waals surface area contributed by atoms with Crippen LogP contribution in [0.4, 0.5) is 0 Å². The molecule has 0 atom stereocenters. The molecular weight excluding hydrogens is 132 g/mol. The van der Waals surface area contributed by atoms with Gasteiger partial charge in [0.25, 0.3) is 0 Å². The molecule has 5 nitrogen and oxygen atoms in total. The van der Waals surface area contributed by atoms with Crippen molar-refractivity contribution in [2.45, 2.75) is 19.8 Å². The van der Waals surface area contributed by atoms with E-state index in [0.29, 0.717) is 11.7 Å². The van der Waals surface area contributed by atoms with E-state index >= 15 is 0 Å². The summed E-state index contributed by atoms with van der Waals surface area (Å²) in [6, 6.07) is 0. The summed E-state index contributed by atoms with van der Waals surface area (Å²) < 4.78 is 0. The van der Waals surface area contributed by atoms with Gasteiger partial charge in [0, 0.05) is 10.9 Å². The van der Waals surface area contributed by atoms with Gasteiger partial charge in [-0.2, -0.15) is 0 Å². The maximum Gasteiger partial charge on any atom is 0.181 e. The van der Waals surface area contributed by atoms with E-state index in [2.05, 4.69) is 20.2 Å². The van der Waals surface area contributed by atoms with Gasteiger partial charge >= 0.3 is 0 Å². The highest BCUT2D eigenvalue weighted by atomic mass is 16.7. The van der Waals surface area contributed by atoms with Crippen LogP contribution in [-0.2, 0) is 0 Å². The zero-order valence-corrected chi connectivity index (χ0v) is 6.27. The Kier molecular flexibility index (Phi) is 1.84. The van der Waals surface area contributed by atoms with Crippen molar-refractivity contribution in [2.75, 3.05) is 7.11 Å². The molecule has 0 saturated carbocycles. The van der Waals surface area contributed by atoms with Crippen molar-refractivity contribution in [1.82, 2.24) is 20.4 Å². The first-order valence-electron chi connectivity index (χ1n) is 3.08. The number of nitrogens with zero attached hydrogens (tertiary/aromatic N) is 4. The number of rotatable bonds is 2. The van der Waals surface area contributed by atoms with E-state index in [1.807, 2.05) is 13.8 Å². The molecule has 1 heterocycles. The molecule has 1 aromatic heterocycles. The summed E-state index contributed by atoms with van der Waals surface area (Å²) in [4.78, 5) is 5.77. The van der Waals surface area contributed by atoms with E-state index in [1.54, 1.807) is 0 Å². The molecule has 5 heteroatoms. The Bertz CT molecular complexity index is 207. The molecule has 0 spiro atoms. The quantitative estimate of drug-likeness (QED) is 0.576. The molecule has 0 bridgehead atoms. The number of tetrazole rings is 1. The fourth-order valence-corrected chi connectivity index (χ4v) is 0.520. The van der Waals surface area contributed by atoms with Crippen LogP contribution in [0.3, 0.4) is 0 Å². The second-order valence-corrected chi connectivity index (χ2v) is 2.24. The third-order valence-corrected chi connectivity index (χ3v) is 1.09. The summed E-state index contributed by atoms with van der Waals surface area (Å²) in [5, 5.41) is 11.3. The topological polar surface area (TPSA) is 52.8 Å². The fraction of sp³-hybridized carbons (Fsp3) is 0.800. The summed E-state index contributed by atoms with van der Waals surface area (Å²) in [5.41, 5.74) is 0. The Morgan fingerprint density at radius 1 is 1.50 bits per heavy atom. The zero-order valence-electron chi connectivity index (χ0n) is 6.27. The van der Waals surface area contributed by atoms with Gasteiger partial charge in [0.2, 0.25) is 0 Å². The first-order valence-corrected chi connectivity index (χ1v) is 3.08. The second-order valence-electron chi connectivity index (χ2n) is 2.24. The van der Waals surface area contributed by atoms with Gasteiger partial charge in [-0.3, -0.25) is 0 Å². The lowest BCUT2D eigenvalue weighted by Crippen LogP contribution is -2.09. The molecule has 1 rings (SSSR count). The predicted octanol–water partition coefficient (Wildman–Crippen LogP) is -0.145. The lowest BCUT2D eigenvalue weighted by atomic mass is 10.2. The predicted molar refractivity (Wildman–Crippen MR) is 34.4 cm³/mol. The van der Waals surface area contributed by atoms with Crippen molar-refractivity contribution in [3.63, 3.8) is 0 Å². The summed E-state index contributed by atoms with van der Waals surface area (Å²) in [7, 11) is 1.49. The third-order valence-electron chi connectivity index (χ3n) is 1.09. The molecule has 0 N–H and O–H groups in total. The normalized spacial score (nSPS) is 10.4. The van der Waals surface area contributed by atoms with Gasteiger partial charge < -0.3 is 4.84 Å². The molecule has 0 unspecified atom stereocenters. The minimum atomic E-state index is 0.295. The van der Waals surface area contributed by atoms with Crippen molar-refractivity contribution in [3.8, 4) is 0 Å². The highest BCUT2D eigenvalue weighted by Gasteiger charge is 2.05. The van der Waals surface area contributed by atoms with E-state index in [1.165, 1.54) is 7.11 Å². The summed E-state index contributed by atoms with van der Waals surface area (Å²) in [6.07, 6.45) is 0. The average Bonchev–Trinajstić information content (AvgIpc) is 2.34. The van der Waals surface area contributed by atoms with E-state index in [9.17, 15) is 0 Å². The molecule has 56 valence electrons. The average molecular weight is 142 g/mol. The first kappa shape index (κ1) is 6.98. The largest absolute Gasteiger partial charge is 0.383 e.